The Bertz CT molecular complexity index is 2640. The van der Waals surface area contributed by atoms with Crippen molar-refractivity contribution in [3.8, 4) is 11.1 Å². The van der Waals surface area contributed by atoms with E-state index in [1.807, 2.05) is 0 Å². The molecule has 2 aliphatic carbocycles. The number of rotatable bonds is 3. The first kappa shape index (κ1) is 27.4. The summed E-state index contributed by atoms with van der Waals surface area (Å²) in [5.74, 6) is 0.365. The van der Waals surface area contributed by atoms with E-state index in [4.69, 9.17) is 0 Å². The topological polar surface area (TPSA) is 0 Å². The normalized spacial score (nSPS) is 15.8. The van der Waals surface area contributed by atoms with Crippen LogP contribution in [-0.2, 0) is 6.42 Å². The fourth-order valence-electron chi connectivity index (χ4n) is 8.70. The molecule has 1 unspecified atom stereocenters. The molecule has 2 aliphatic rings. The predicted molar refractivity (Wildman–Crippen MR) is 208 cm³/mol. The van der Waals surface area contributed by atoms with Crippen LogP contribution >= 0.6 is 0 Å². The van der Waals surface area contributed by atoms with Crippen molar-refractivity contribution in [2.24, 2.45) is 0 Å². The summed E-state index contributed by atoms with van der Waals surface area (Å²) in [7, 11) is 0. The Hall–Kier alpha value is -5.72. The Morgan fingerprint density at radius 3 is 1.85 bits per heavy atom. The van der Waals surface area contributed by atoms with Crippen molar-refractivity contribution in [1.82, 2.24) is 0 Å². The van der Waals surface area contributed by atoms with Gasteiger partial charge < -0.3 is 0 Å². The van der Waals surface area contributed by atoms with Gasteiger partial charge in [-0.15, -0.1) is 0 Å². The lowest BCUT2D eigenvalue weighted by molar-refractivity contribution is 0.865. The van der Waals surface area contributed by atoms with E-state index in [-0.39, 0.29) is 0 Å². The van der Waals surface area contributed by atoms with Crippen LogP contribution in [0, 0.1) is 0 Å². The van der Waals surface area contributed by atoms with E-state index in [1.165, 1.54) is 92.8 Å². The second-order valence-electron chi connectivity index (χ2n) is 13.4. The molecule has 10 rings (SSSR count). The van der Waals surface area contributed by atoms with Crippen molar-refractivity contribution in [2.45, 2.75) is 25.2 Å². The van der Waals surface area contributed by atoms with Crippen LogP contribution in [0.5, 0.6) is 0 Å². The Morgan fingerprint density at radius 1 is 0.479 bits per heavy atom. The average molecular weight is 611 g/mol. The molecule has 0 aliphatic heterocycles. The Morgan fingerprint density at radius 2 is 1.12 bits per heavy atom. The molecule has 0 aromatic heterocycles. The van der Waals surface area contributed by atoms with Crippen molar-refractivity contribution >= 4 is 65.5 Å². The highest BCUT2D eigenvalue weighted by Gasteiger charge is 2.21. The van der Waals surface area contributed by atoms with Gasteiger partial charge in [-0.3, -0.25) is 0 Å². The second-order valence-corrected chi connectivity index (χ2v) is 13.4. The van der Waals surface area contributed by atoms with E-state index in [9.17, 15) is 0 Å². The maximum atomic E-state index is 2.47. The van der Waals surface area contributed by atoms with Crippen LogP contribution in [0.4, 0.5) is 0 Å². The zero-order valence-corrected chi connectivity index (χ0v) is 26.8. The number of hydrogen-bond acceptors (Lipinski definition) is 0. The molecule has 0 saturated heterocycles. The van der Waals surface area contributed by atoms with Gasteiger partial charge in [-0.2, -0.15) is 0 Å². The minimum atomic E-state index is 0.365. The summed E-state index contributed by atoms with van der Waals surface area (Å²) in [6.07, 6.45) is 15.2. The van der Waals surface area contributed by atoms with Gasteiger partial charge in [0.15, 0.2) is 0 Å². The molecule has 0 amide bonds. The SMILES string of the molecule is C1=Cc2c(c3ccccc3c3cc(-c4c5ccccc5c(C5=CCC(c6cccc7ccccc67)C=C5)c5ccccc45)ccc23)CC1. The third-order valence-corrected chi connectivity index (χ3v) is 10.9. The summed E-state index contributed by atoms with van der Waals surface area (Å²) >= 11 is 0. The van der Waals surface area contributed by atoms with Gasteiger partial charge in [0.2, 0.25) is 0 Å². The summed E-state index contributed by atoms with van der Waals surface area (Å²) in [6.45, 7) is 0. The Kier molecular flexibility index (Phi) is 6.24. The fraction of sp³-hybridized carbons (Fsp3) is 0.0833. The molecule has 8 aromatic rings. The summed E-state index contributed by atoms with van der Waals surface area (Å²) < 4.78 is 0. The molecule has 0 heterocycles. The van der Waals surface area contributed by atoms with Crippen molar-refractivity contribution in [3.05, 3.63) is 180 Å². The first-order valence-corrected chi connectivity index (χ1v) is 17.3. The van der Waals surface area contributed by atoms with Crippen LogP contribution in [0.15, 0.2) is 158 Å². The van der Waals surface area contributed by atoms with Gasteiger partial charge in [-0.25, -0.2) is 0 Å². The van der Waals surface area contributed by atoms with Gasteiger partial charge in [0, 0.05) is 5.92 Å². The molecule has 1 atom stereocenters. The van der Waals surface area contributed by atoms with E-state index in [2.05, 4.69) is 164 Å². The van der Waals surface area contributed by atoms with E-state index in [0.717, 1.165) is 19.3 Å². The molecule has 0 radical (unpaired) electrons. The lowest BCUT2D eigenvalue weighted by atomic mass is 9.81. The molecule has 0 heteroatoms. The first-order valence-electron chi connectivity index (χ1n) is 17.3. The van der Waals surface area contributed by atoms with Gasteiger partial charge in [-0.1, -0.05) is 158 Å². The first-order chi connectivity index (χ1) is 23.8. The minimum Gasteiger partial charge on any atom is -0.0836 e. The highest BCUT2D eigenvalue weighted by Crippen LogP contribution is 2.46. The number of allylic oxidation sites excluding steroid dienone is 5. The smallest absolute Gasteiger partial charge is 0.00622 e. The molecule has 0 bridgehead atoms. The van der Waals surface area contributed by atoms with Crippen LogP contribution < -0.4 is 0 Å². The Labute approximate surface area is 281 Å². The standard InChI is InChI=1S/C48H34/c1-2-14-35-31(12-1)13-11-23-36(35)32-24-26-33(27-25-32)47-42-19-7-9-21-44(42)48(45-22-10-8-20-43(45)47)34-28-29-41-39-17-4-3-15-37(39)38-16-5-6-18-40(38)46(41)30-34/h1-2,4-14,16-24,26-30,32H,3,15,25H2. The summed E-state index contributed by atoms with van der Waals surface area (Å²) in [5.41, 5.74) is 9.53. The summed E-state index contributed by atoms with van der Waals surface area (Å²) in [5, 5.41) is 13.3. The number of hydrogen-bond donors (Lipinski definition) is 0. The van der Waals surface area contributed by atoms with Crippen molar-refractivity contribution in [2.75, 3.05) is 0 Å². The third kappa shape index (κ3) is 4.16. The molecule has 226 valence electrons. The molecule has 0 N–H and O–H groups in total. The van der Waals surface area contributed by atoms with E-state index in [1.54, 1.807) is 0 Å². The van der Waals surface area contributed by atoms with Crippen LogP contribution in [0.2, 0.25) is 0 Å². The molecule has 48 heavy (non-hydrogen) atoms. The molecule has 0 spiro atoms. The van der Waals surface area contributed by atoms with Gasteiger partial charge in [0.1, 0.15) is 0 Å². The zero-order valence-electron chi connectivity index (χ0n) is 26.8. The molecular weight excluding hydrogens is 577 g/mol. The van der Waals surface area contributed by atoms with Gasteiger partial charge in [0.25, 0.3) is 0 Å². The summed E-state index contributed by atoms with van der Waals surface area (Å²) in [6, 6.07) is 49.8. The van der Waals surface area contributed by atoms with Crippen LogP contribution in [0.1, 0.15) is 41.0 Å². The quantitative estimate of drug-likeness (QED) is 0.138. The molecular formula is C48H34. The van der Waals surface area contributed by atoms with Crippen LogP contribution in [-0.4, -0.2) is 0 Å². The van der Waals surface area contributed by atoms with Gasteiger partial charge in [0.05, 0.1) is 0 Å². The molecule has 0 saturated carbocycles. The average Bonchev–Trinajstić information content (AvgIpc) is 3.17. The lowest BCUT2D eigenvalue weighted by Crippen LogP contribution is -2.01. The number of fused-ring (bicyclic) bond motifs is 9. The van der Waals surface area contributed by atoms with Crippen molar-refractivity contribution in [3.63, 3.8) is 0 Å². The maximum Gasteiger partial charge on any atom is 0.00622 e. The van der Waals surface area contributed by atoms with Crippen molar-refractivity contribution < 1.29 is 0 Å². The number of benzene rings is 8. The lowest BCUT2D eigenvalue weighted by Gasteiger charge is -2.22. The highest BCUT2D eigenvalue weighted by atomic mass is 14.2. The molecule has 0 nitrogen and oxygen atoms in total. The van der Waals surface area contributed by atoms with Crippen molar-refractivity contribution in [1.29, 1.82) is 0 Å². The molecule has 0 fully saturated rings. The fourth-order valence-corrected chi connectivity index (χ4v) is 8.70. The molecule has 8 aromatic carbocycles. The van der Waals surface area contributed by atoms with Gasteiger partial charge >= 0.3 is 0 Å². The second kappa shape index (κ2) is 10.9. The van der Waals surface area contributed by atoms with E-state index >= 15 is 0 Å². The van der Waals surface area contributed by atoms with E-state index < -0.39 is 0 Å². The zero-order chi connectivity index (χ0) is 31.6. The minimum absolute atomic E-state index is 0.365. The highest BCUT2D eigenvalue weighted by molar-refractivity contribution is 6.21. The third-order valence-electron chi connectivity index (χ3n) is 10.9. The van der Waals surface area contributed by atoms with E-state index in [0.29, 0.717) is 5.92 Å². The summed E-state index contributed by atoms with van der Waals surface area (Å²) in [4.78, 5) is 0. The largest absolute Gasteiger partial charge is 0.0836 e. The monoisotopic (exact) mass is 610 g/mol. The Balaban J connectivity index is 1.17. The predicted octanol–water partition coefficient (Wildman–Crippen LogP) is 13.2. The van der Waals surface area contributed by atoms with Crippen LogP contribution in [0.25, 0.3) is 76.6 Å². The van der Waals surface area contributed by atoms with Gasteiger partial charge in [-0.05, 0) is 118 Å². The number of aryl methyl sites for hydroxylation is 1. The maximum absolute atomic E-state index is 2.47. The van der Waals surface area contributed by atoms with Crippen LogP contribution in [0.3, 0.4) is 0 Å².